The van der Waals surface area contributed by atoms with Crippen molar-refractivity contribution in [3.8, 4) is 55.6 Å². The first-order chi connectivity index (χ1) is 43.6. The van der Waals surface area contributed by atoms with Gasteiger partial charge in [0.05, 0.1) is 0 Å². The van der Waals surface area contributed by atoms with E-state index in [1.165, 1.54) is 131 Å². The molecule has 19 aromatic rings. The van der Waals surface area contributed by atoms with Gasteiger partial charge in [-0.25, -0.2) is 0 Å². The van der Waals surface area contributed by atoms with E-state index in [0.29, 0.717) is 0 Å². The van der Waals surface area contributed by atoms with Gasteiger partial charge in [-0.1, -0.05) is 261 Å². The van der Waals surface area contributed by atoms with Crippen molar-refractivity contribution in [2.75, 3.05) is 0 Å². The van der Waals surface area contributed by atoms with Gasteiger partial charge in [-0.3, -0.25) is 0 Å². The molecule has 0 fully saturated rings. The zero-order valence-corrected chi connectivity index (χ0v) is 47.8. The Morgan fingerprint density at radius 3 is 0.852 bits per heavy atom. The zero-order valence-electron chi connectivity index (χ0n) is 47.8. The molecule has 408 valence electrons. The van der Waals surface area contributed by atoms with E-state index < -0.39 is 0 Å². The maximum Gasteiger partial charge on any atom is 0.143 e. The van der Waals surface area contributed by atoms with E-state index in [9.17, 15) is 0 Å². The van der Waals surface area contributed by atoms with Crippen LogP contribution in [0, 0.1) is 0 Å². The molecule has 0 spiro atoms. The van der Waals surface area contributed by atoms with E-state index in [-0.39, 0.29) is 0 Å². The minimum Gasteiger partial charge on any atom is -0.455 e. The predicted molar refractivity (Wildman–Crippen MR) is 375 cm³/mol. The first-order valence-electron chi connectivity index (χ1n) is 30.3. The van der Waals surface area contributed by atoms with Crippen molar-refractivity contribution in [2.45, 2.75) is 0 Å². The van der Waals surface area contributed by atoms with Gasteiger partial charge in [0.1, 0.15) is 22.3 Å². The summed E-state index contributed by atoms with van der Waals surface area (Å²) in [5.41, 5.74) is 16.1. The van der Waals surface area contributed by atoms with Crippen molar-refractivity contribution in [1.29, 1.82) is 0 Å². The summed E-state index contributed by atoms with van der Waals surface area (Å²) in [7, 11) is 0. The SMILES string of the molecule is c1cc(-c2ccc3oc4c5ccccc5ccc4c3c2)cc(-c2c3ccccc3c(-c3ccc4ccccc4c3)c3ccccc23)c1.c1ccc2cc(-c3c4ccccc4c(-c4ccc5oc6c7ccccc7ccc6c5c4)c4ccccc34)ccc2c1. The van der Waals surface area contributed by atoms with Gasteiger partial charge < -0.3 is 8.83 Å². The molecular formula is C86H52O2. The van der Waals surface area contributed by atoms with Gasteiger partial charge in [0, 0.05) is 32.3 Å². The van der Waals surface area contributed by atoms with Crippen LogP contribution >= 0.6 is 0 Å². The van der Waals surface area contributed by atoms with Crippen molar-refractivity contribution < 1.29 is 8.83 Å². The Labute approximate surface area is 507 Å². The van der Waals surface area contributed by atoms with Crippen molar-refractivity contribution >= 4 is 130 Å². The van der Waals surface area contributed by atoms with Gasteiger partial charge in [-0.05, 0) is 186 Å². The van der Waals surface area contributed by atoms with Gasteiger partial charge in [0.2, 0.25) is 0 Å². The smallest absolute Gasteiger partial charge is 0.143 e. The molecule has 0 atom stereocenters. The highest BCUT2D eigenvalue weighted by molar-refractivity contribution is 6.25. The summed E-state index contributed by atoms with van der Waals surface area (Å²) in [6.45, 7) is 0. The average Bonchev–Trinajstić information content (AvgIpc) is 1.45. The summed E-state index contributed by atoms with van der Waals surface area (Å²) >= 11 is 0. The van der Waals surface area contributed by atoms with E-state index in [1.807, 2.05) is 0 Å². The van der Waals surface area contributed by atoms with Crippen LogP contribution in [0.15, 0.2) is 324 Å². The lowest BCUT2D eigenvalue weighted by molar-refractivity contribution is 0.672. The molecule has 0 saturated heterocycles. The molecule has 2 aromatic heterocycles. The van der Waals surface area contributed by atoms with Crippen LogP contribution in [0.5, 0.6) is 0 Å². The topological polar surface area (TPSA) is 26.3 Å². The lowest BCUT2D eigenvalue weighted by Gasteiger charge is -2.18. The molecule has 19 rings (SSSR count). The quantitative estimate of drug-likeness (QED) is 0.161. The van der Waals surface area contributed by atoms with Gasteiger partial charge in [0.15, 0.2) is 0 Å². The van der Waals surface area contributed by atoms with Crippen LogP contribution in [0.3, 0.4) is 0 Å². The van der Waals surface area contributed by atoms with Crippen molar-refractivity contribution in [2.24, 2.45) is 0 Å². The second-order valence-electron chi connectivity index (χ2n) is 23.3. The van der Waals surface area contributed by atoms with Crippen LogP contribution in [-0.4, -0.2) is 0 Å². The Morgan fingerprint density at radius 1 is 0.148 bits per heavy atom. The molecule has 0 saturated carbocycles. The maximum absolute atomic E-state index is 6.44. The van der Waals surface area contributed by atoms with Crippen LogP contribution in [0.2, 0.25) is 0 Å². The lowest BCUT2D eigenvalue weighted by atomic mass is 9.85. The summed E-state index contributed by atoms with van der Waals surface area (Å²) in [6.07, 6.45) is 0. The average molecular weight is 1120 g/mol. The molecule has 0 bridgehead atoms. The molecule has 2 heteroatoms. The Morgan fingerprint density at radius 2 is 0.432 bits per heavy atom. The molecule has 0 radical (unpaired) electrons. The Hall–Kier alpha value is -11.6. The second-order valence-corrected chi connectivity index (χ2v) is 23.3. The van der Waals surface area contributed by atoms with Crippen LogP contribution in [0.4, 0.5) is 0 Å². The molecule has 88 heavy (non-hydrogen) atoms. The van der Waals surface area contributed by atoms with Gasteiger partial charge in [-0.2, -0.15) is 0 Å². The van der Waals surface area contributed by atoms with E-state index in [4.69, 9.17) is 8.83 Å². The maximum atomic E-state index is 6.44. The van der Waals surface area contributed by atoms with Crippen LogP contribution in [0.1, 0.15) is 0 Å². The lowest BCUT2D eigenvalue weighted by Crippen LogP contribution is -1.91. The third kappa shape index (κ3) is 7.97. The standard InChI is InChI=1S/C46H28O.C40H24O/c1-2-12-31-26-35(21-20-29(31)10-1)45-39-18-7-5-16-37(39)44(38-17-6-8-19-40(38)45)34-14-9-13-32(27-34)33-23-25-43-42(28-33)41-24-22-30-11-3-4-15-36(30)46(41)47-43;1-2-11-27-23-28(18-17-25(27)9-1)38-31-13-5-7-15-33(31)39(34-16-8-6-14-32(34)38)29-20-22-37-36(24-29)35-21-19-26-10-3-4-12-30(26)40(35)41-37/h1-28H;1-24H. The van der Waals surface area contributed by atoms with Crippen LogP contribution < -0.4 is 0 Å². The molecule has 0 aliphatic rings. The van der Waals surface area contributed by atoms with E-state index in [1.54, 1.807) is 0 Å². The number of hydrogen-bond acceptors (Lipinski definition) is 2. The summed E-state index contributed by atoms with van der Waals surface area (Å²) in [5, 5.41) is 24.4. The molecule has 0 aliphatic carbocycles. The molecule has 2 nitrogen and oxygen atoms in total. The van der Waals surface area contributed by atoms with Crippen LogP contribution in [0.25, 0.3) is 186 Å². The fraction of sp³-hybridized carbons (Fsp3) is 0. The Kier molecular flexibility index (Phi) is 11.3. The number of hydrogen-bond donors (Lipinski definition) is 0. The summed E-state index contributed by atoms with van der Waals surface area (Å²) in [6, 6.07) is 114. The predicted octanol–water partition coefficient (Wildman–Crippen LogP) is 24.7. The molecule has 0 N–H and O–H groups in total. The van der Waals surface area contributed by atoms with Crippen LogP contribution in [-0.2, 0) is 0 Å². The highest BCUT2D eigenvalue weighted by Gasteiger charge is 2.21. The second kappa shape index (κ2) is 20.0. The fourth-order valence-corrected chi connectivity index (χ4v) is 14.4. The molecule has 2 heterocycles. The molecule has 17 aromatic carbocycles. The summed E-state index contributed by atoms with van der Waals surface area (Å²) in [4.78, 5) is 0. The first-order valence-corrected chi connectivity index (χ1v) is 30.3. The third-order valence-electron chi connectivity index (χ3n) is 18.4. The number of fused-ring (bicyclic) bond motifs is 16. The molecule has 0 amide bonds. The molecule has 0 unspecified atom stereocenters. The van der Waals surface area contributed by atoms with E-state index in [0.717, 1.165) is 54.6 Å². The fourth-order valence-electron chi connectivity index (χ4n) is 14.4. The summed E-state index contributed by atoms with van der Waals surface area (Å²) < 4.78 is 12.9. The highest BCUT2D eigenvalue weighted by atomic mass is 16.3. The van der Waals surface area contributed by atoms with E-state index >= 15 is 0 Å². The minimum absolute atomic E-state index is 0.914. The number of benzene rings is 17. The molecular weight excluding hydrogens is 1060 g/mol. The number of rotatable bonds is 5. The minimum atomic E-state index is 0.914. The largest absolute Gasteiger partial charge is 0.455 e. The van der Waals surface area contributed by atoms with Gasteiger partial charge >= 0.3 is 0 Å². The van der Waals surface area contributed by atoms with E-state index in [2.05, 4.69) is 315 Å². The summed E-state index contributed by atoms with van der Waals surface area (Å²) in [5.74, 6) is 0. The Balaban J connectivity index is 0.000000133. The third-order valence-corrected chi connectivity index (χ3v) is 18.4. The van der Waals surface area contributed by atoms with Crippen molar-refractivity contribution in [3.05, 3.63) is 315 Å². The zero-order chi connectivity index (χ0) is 57.8. The normalized spacial score (nSPS) is 11.9. The highest BCUT2D eigenvalue weighted by Crippen LogP contribution is 2.48. The van der Waals surface area contributed by atoms with Gasteiger partial charge in [-0.15, -0.1) is 0 Å². The molecule has 0 aliphatic heterocycles. The Bertz CT molecular complexity index is 5960. The van der Waals surface area contributed by atoms with Gasteiger partial charge in [0.25, 0.3) is 0 Å². The van der Waals surface area contributed by atoms with Crippen molar-refractivity contribution in [3.63, 3.8) is 0 Å². The monoisotopic (exact) mass is 1120 g/mol. The van der Waals surface area contributed by atoms with Crippen molar-refractivity contribution in [1.82, 2.24) is 0 Å². The number of furan rings is 2. The first kappa shape index (κ1) is 49.8.